The molecule has 4 rings (SSSR count). The average Bonchev–Trinajstić information content (AvgIpc) is 3.31. The van der Waals surface area contributed by atoms with Crippen LogP contribution in [-0.4, -0.2) is 25.4 Å². The molecule has 0 spiro atoms. The van der Waals surface area contributed by atoms with Crippen LogP contribution in [0, 0.1) is 0 Å². The number of hydrogen-bond acceptors (Lipinski definition) is 5. The number of imidazole rings is 1. The van der Waals surface area contributed by atoms with Gasteiger partial charge >= 0.3 is 0 Å². The van der Waals surface area contributed by atoms with Gasteiger partial charge < -0.3 is 9.88 Å². The molecule has 0 radical (unpaired) electrons. The van der Waals surface area contributed by atoms with Crippen LogP contribution in [0.25, 0.3) is 22.3 Å². The molecule has 0 aliphatic rings. The molecule has 0 aliphatic carbocycles. The zero-order valence-corrected chi connectivity index (χ0v) is 14.1. The molecule has 1 aromatic carbocycles. The van der Waals surface area contributed by atoms with E-state index in [2.05, 4.69) is 20.3 Å². The maximum atomic E-state index is 12.3. The zero-order valence-electron chi connectivity index (χ0n) is 13.3. The number of benzene rings is 1. The van der Waals surface area contributed by atoms with Crippen molar-refractivity contribution in [3.05, 3.63) is 65.5 Å². The highest BCUT2D eigenvalue weighted by molar-refractivity contribution is 7.08. The van der Waals surface area contributed by atoms with Crippen molar-refractivity contribution < 1.29 is 4.79 Å². The summed E-state index contributed by atoms with van der Waals surface area (Å²) < 4.78 is 1.83. The summed E-state index contributed by atoms with van der Waals surface area (Å²) >= 11 is 1.61. The standard InChI is InChI=1S/C18H15N5OS/c24-17(10-23-12-22-14-3-1-2-4-16(14)23)21-9-15-18(20-7-6-19-15)13-5-8-25-11-13/h1-8,11-12H,9-10H2,(H,21,24). The van der Waals surface area contributed by atoms with Crippen molar-refractivity contribution in [2.75, 3.05) is 0 Å². The van der Waals surface area contributed by atoms with Crippen LogP contribution in [0.1, 0.15) is 5.69 Å². The Labute approximate surface area is 148 Å². The van der Waals surface area contributed by atoms with Crippen molar-refractivity contribution in [1.82, 2.24) is 24.8 Å². The van der Waals surface area contributed by atoms with Gasteiger partial charge in [0.05, 0.1) is 35.3 Å². The predicted molar refractivity (Wildman–Crippen MR) is 96.9 cm³/mol. The van der Waals surface area contributed by atoms with E-state index >= 15 is 0 Å². The normalized spacial score (nSPS) is 10.9. The minimum Gasteiger partial charge on any atom is -0.349 e. The molecule has 3 heterocycles. The quantitative estimate of drug-likeness (QED) is 0.601. The third-order valence-electron chi connectivity index (χ3n) is 3.86. The molecule has 0 aliphatic heterocycles. The lowest BCUT2D eigenvalue weighted by atomic mass is 10.2. The number of aromatic nitrogens is 4. The molecule has 1 amide bonds. The highest BCUT2D eigenvalue weighted by Gasteiger charge is 2.11. The van der Waals surface area contributed by atoms with E-state index in [1.807, 2.05) is 45.7 Å². The number of hydrogen-bond donors (Lipinski definition) is 1. The summed E-state index contributed by atoms with van der Waals surface area (Å²) in [5, 5.41) is 6.93. The number of carbonyl (C=O) groups excluding carboxylic acids is 1. The molecule has 0 bridgehead atoms. The van der Waals surface area contributed by atoms with E-state index in [4.69, 9.17) is 0 Å². The molecule has 3 aromatic heterocycles. The summed E-state index contributed by atoms with van der Waals surface area (Å²) in [7, 11) is 0. The van der Waals surface area contributed by atoms with E-state index < -0.39 is 0 Å². The molecule has 25 heavy (non-hydrogen) atoms. The Balaban J connectivity index is 1.46. The highest BCUT2D eigenvalue weighted by atomic mass is 32.1. The molecular weight excluding hydrogens is 334 g/mol. The van der Waals surface area contributed by atoms with Gasteiger partial charge in [0, 0.05) is 23.3 Å². The third kappa shape index (κ3) is 3.27. The number of carbonyl (C=O) groups is 1. The van der Waals surface area contributed by atoms with Crippen LogP contribution in [0.5, 0.6) is 0 Å². The van der Waals surface area contributed by atoms with Crippen molar-refractivity contribution in [1.29, 1.82) is 0 Å². The van der Waals surface area contributed by atoms with Crippen LogP contribution in [0.2, 0.25) is 0 Å². The Morgan fingerprint density at radius 3 is 2.88 bits per heavy atom. The summed E-state index contributed by atoms with van der Waals surface area (Å²) in [6.07, 6.45) is 4.99. The first-order valence-corrected chi connectivity index (χ1v) is 8.74. The van der Waals surface area contributed by atoms with Crippen molar-refractivity contribution >= 4 is 28.3 Å². The molecule has 0 saturated carbocycles. The fourth-order valence-electron chi connectivity index (χ4n) is 2.67. The zero-order chi connectivity index (χ0) is 17.1. The van der Waals surface area contributed by atoms with Gasteiger partial charge in [-0.05, 0) is 23.6 Å². The van der Waals surface area contributed by atoms with E-state index in [1.54, 1.807) is 30.1 Å². The number of nitrogens with zero attached hydrogens (tertiary/aromatic N) is 4. The highest BCUT2D eigenvalue weighted by Crippen LogP contribution is 2.22. The fourth-order valence-corrected chi connectivity index (χ4v) is 3.31. The summed E-state index contributed by atoms with van der Waals surface area (Å²) in [4.78, 5) is 25.4. The molecule has 6 nitrogen and oxygen atoms in total. The summed E-state index contributed by atoms with van der Waals surface area (Å²) in [6.45, 7) is 0.555. The second-order valence-corrected chi connectivity index (χ2v) is 6.28. The Bertz CT molecular complexity index is 1010. The monoisotopic (exact) mass is 349 g/mol. The van der Waals surface area contributed by atoms with Crippen LogP contribution in [0.4, 0.5) is 0 Å². The molecule has 124 valence electrons. The topological polar surface area (TPSA) is 72.7 Å². The van der Waals surface area contributed by atoms with Crippen molar-refractivity contribution in [2.24, 2.45) is 0 Å². The summed E-state index contributed by atoms with van der Waals surface area (Å²) in [6, 6.07) is 9.74. The molecule has 0 fully saturated rings. The Kier molecular flexibility index (Phi) is 4.22. The molecule has 0 atom stereocenters. The van der Waals surface area contributed by atoms with Crippen LogP contribution in [-0.2, 0) is 17.9 Å². The van der Waals surface area contributed by atoms with Gasteiger partial charge in [-0.3, -0.25) is 14.8 Å². The summed E-state index contributed by atoms with van der Waals surface area (Å²) in [5.41, 5.74) is 4.39. The molecule has 0 saturated heterocycles. The third-order valence-corrected chi connectivity index (χ3v) is 4.55. The first kappa shape index (κ1) is 15.5. The summed E-state index contributed by atoms with van der Waals surface area (Å²) in [5.74, 6) is -0.0925. The lowest BCUT2D eigenvalue weighted by molar-refractivity contribution is -0.121. The van der Waals surface area contributed by atoms with Crippen LogP contribution >= 0.6 is 11.3 Å². The van der Waals surface area contributed by atoms with Gasteiger partial charge in [0.2, 0.25) is 5.91 Å². The van der Waals surface area contributed by atoms with E-state index in [0.29, 0.717) is 6.54 Å². The lowest BCUT2D eigenvalue weighted by Gasteiger charge is -2.09. The number of nitrogens with one attached hydrogen (secondary N) is 1. The second kappa shape index (κ2) is 6.82. The van der Waals surface area contributed by atoms with Crippen LogP contribution in [0.15, 0.2) is 59.8 Å². The van der Waals surface area contributed by atoms with Gasteiger partial charge in [0.15, 0.2) is 0 Å². The number of para-hydroxylation sites is 2. The van der Waals surface area contributed by atoms with E-state index in [9.17, 15) is 4.79 Å². The minimum absolute atomic E-state index is 0.0925. The van der Waals surface area contributed by atoms with Crippen molar-refractivity contribution in [2.45, 2.75) is 13.1 Å². The van der Waals surface area contributed by atoms with Gasteiger partial charge in [0.1, 0.15) is 6.54 Å². The minimum atomic E-state index is -0.0925. The number of thiophene rings is 1. The smallest absolute Gasteiger partial charge is 0.240 e. The number of rotatable bonds is 5. The maximum Gasteiger partial charge on any atom is 0.240 e. The van der Waals surface area contributed by atoms with Crippen LogP contribution in [0.3, 0.4) is 0 Å². The van der Waals surface area contributed by atoms with Gasteiger partial charge in [0.25, 0.3) is 0 Å². The van der Waals surface area contributed by atoms with Crippen molar-refractivity contribution in [3.8, 4) is 11.3 Å². The number of fused-ring (bicyclic) bond motifs is 1. The second-order valence-electron chi connectivity index (χ2n) is 5.50. The first-order chi connectivity index (χ1) is 12.3. The number of amides is 1. The Morgan fingerprint density at radius 2 is 2.00 bits per heavy atom. The molecule has 0 unspecified atom stereocenters. The Morgan fingerprint density at radius 1 is 1.12 bits per heavy atom. The van der Waals surface area contributed by atoms with Gasteiger partial charge in [-0.1, -0.05) is 12.1 Å². The van der Waals surface area contributed by atoms with Gasteiger partial charge in [-0.2, -0.15) is 11.3 Å². The van der Waals surface area contributed by atoms with Crippen LogP contribution < -0.4 is 5.32 Å². The Hall–Kier alpha value is -3.06. The SMILES string of the molecule is O=C(Cn1cnc2ccccc21)NCc1nccnc1-c1ccsc1. The predicted octanol–water partition coefficient (Wildman–Crippen LogP) is 2.87. The van der Waals surface area contributed by atoms with E-state index in [-0.39, 0.29) is 12.5 Å². The molecular formula is C18H15N5OS. The van der Waals surface area contributed by atoms with Gasteiger partial charge in [-0.25, -0.2) is 4.98 Å². The molecule has 4 aromatic rings. The maximum absolute atomic E-state index is 12.3. The first-order valence-electron chi connectivity index (χ1n) is 7.80. The lowest BCUT2D eigenvalue weighted by Crippen LogP contribution is -2.27. The van der Waals surface area contributed by atoms with E-state index in [1.165, 1.54) is 0 Å². The molecule has 1 N–H and O–H groups in total. The van der Waals surface area contributed by atoms with Gasteiger partial charge in [-0.15, -0.1) is 0 Å². The molecule has 7 heteroatoms. The largest absolute Gasteiger partial charge is 0.349 e. The average molecular weight is 349 g/mol. The van der Waals surface area contributed by atoms with E-state index in [0.717, 1.165) is 28.0 Å². The van der Waals surface area contributed by atoms with Crippen molar-refractivity contribution in [3.63, 3.8) is 0 Å². The fraction of sp³-hybridized carbons (Fsp3) is 0.111.